The fourth-order valence-electron chi connectivity index (χ4n) is 3.23. The lowest BCUT2D eigenvalue weighted by Crippen LogP contribution is -2.33. The summed E-state index contributed by atoms with van der Waals surface area (Å²) < 4.78 is 0. The number of aryl methyl sites for hydroxylation is 1. The predicted octanol–water partition coefficient (Wildman–Crippen LogP) is 4.03. The SMILES string of the molecule is CC(CCc1ccccc1)NCC(C1CC1)C1CC1. The van der Waals surface area contributed by atoms with Crippen molar-refractivity contribution in [1.82, 2.24) is 5.32 Å². The van der Waals surface area contributed by atoms with Crippen molar-refractivity contribution >= 4 is 0 Å². The zero-order chi connectivity index (χ0) is 13.1. The Bertz CT molecular complexity index is 366. The highest BCUT2D eigenvalue weighted by Gasteiger charge is 2.40. The van der Waals surface area contributed by atoms with E-state index in [2.05, 4.69) is 42.6 Å². The summed E-state index contributed by atoms with van der Waals surface area (Å²) in [5.41, 5.74) is 1.47. The Labute approximate surface area is 117 Å². The fourth-order valence-corrected chi connectivity index (χ4v) is 3.23. The molecule has 1 heteroatoms. The lowest BCUT2D eigenvalue weighted by molar-refractivity contribution is 0.354. The van der Waals surface area contributed by atoms with Crippen LogP contribution in [-0.2, 0) is 6.42 Å². The third-order valence-corrected chi connectivity index (χ3v) is 4.87. The van der Waals surface area contributed by atoms with Gasteiger partial charge in [-0.1, -0.05) is 30.3 Å². The molecule has 3 rings (SSSR count). The molecule has 0 spiro atoms. The van der Waals surface area contributed by atoms with Crippen LogP contribution in [0.4, 0.5) is 0 Å². The number of hydrogen-bond acceptors (Lipinski definition) is 1. The molecule has 1 aromatic carbocycles. The second kappa shape index (κ2) is 6.09. The number of hydrogen-bond donors (Lipinski definition) is 1. The second-order valence-corrected chi connectivity index (χ2v) is 6.67. The number of rotatable bonds is 8. The van der Waals surface area contributed by atoms with Gasteiger partial charge in [-0.25, -0.2) is 0 Å². The van der Waals surface area contributed by atoms with Crippen LogP contribution in [0.3, 0.4) is 0 Å². The summed E-state index contributed by atoms with van der Waals surface area (Å²) in [4.78, 5) is 0. The quantitative estimate of drug-likeness (QED) is 0.741. The van der Waals surface area contributed by atoms with Crippen LogP contribution in [-0.4, -0.2) is 12.6 Å². The Kier molecular flexibility index (Phi) is 4.22. The molecule has 2 aliphatic carbocycles. The van der Waals surface area contributed by atoms with Crippen molar-refractivity contribution in [1.29, 1.82) is 0 Å². The van der Waals surface area contributed by atoms with Gasteiger partial charge < -0.3 is 5.32 Å². The molecule has 0 saturated heterocycles. The van der Waals surface area contributed by atoms with Crippen molar-refractivity contribution in [3.8, 4) is 0 Å². The average Bonchev–Trinajstić information content (AvgIpc) is 3.30. The summed E-state index contributed by atoms with van der Waals surface area (Å²) >= 11 is 0. The topological polar surface area (TPSA) is 12.0 Å². The van der Waals surface area contributed by atoms with E-state index in [-0.39, 0.29) is 0 Å². The molecule has 0 amide bonds. The minimum absolute atomic E-state index is 0.653. The Morgan fingerprint density at radius 3 is 2.26 bits per heavy atom. The van der Waals surface area contributed by atoms with Crippen molar-refractivity contribution in [3.63, 3.8) is 0 Å². The highest BCUT2D eigenvalue weighted by atomic mass is 14.9. The minimum Gasteiger partial charge on any atom is -0.314 e. The van der Waals surface area contributed by atoms with Crippen LogP contribution < -0.4 is 5.32 Å². The normalized spacial score (nSPS) is 20.7. The molecule has 0 heterocycles. The van der Waals surface area contributed by atoms with Gasteiger partial charge in [-0.05, 0) is 75.3 Å². The molecular formula is C18H27N. The van der Waals surface area contributed by atoms with E-state index in [9.17, 15) is 0 Å². The van der Waals surface area contributed by atoms with E-state index >= 15 is 0 Å². The number of nitrogens with one attached hydrogen (secondary N) is 1. The average molecular weight is 257 g/mol. The first-order valence-corrected chi connectivity index (χ1v) is 8.10. The van der Waals surface area contributed by atoms with Crippen molar-refractivity contribution < 1.29 is 0 Å². The molecular weight excluding hydrogens is 230 g/mol. The van der Waals surface area contributed by atoms with Gasteiger partial charge in [0, 0.05) is 6.04 Å². The molecule has 0 bridgehead atoms. The summed E-state index contributed by atoms with van der Waals surface area (Å²) in [6.45, 7) is 3.62. The molecule has 0 aromatic heterocycles. The van der Waals surface area contributed by atoms with Crippen LogP contribution in [0.15, 0.2) is 30.3 Å². The summed E-state index contributed by atoms with van der Waals surface area (Å²) in [7, 11) is 0. The van der Waals surface area contributed by atoms with Crippen LogP contribution in [0.2, 0.25) is 0 Å². The van der Waals surface area contributed by atoms with Crippen LogP contribution in [0, 0.1) is 17.8 Å². The van der Waals surface area contributed by atoms with Gasteiger partial charge in [0.1, 0.15) is 0 Å². The van der Waals surface area contributed by atoms with E-state index in [1.54, 1.807) is 0 Å². The van der Waals surface area contributed by atoms with Gasteiger partial charge in [-0.2, -0.15) is 0 Å². The maximum absolute atomic E-state index is 3.80. The van der Waals surface area contributed by atoms with Gasteiger partial charge in [0.25, 0.3) is 0 Å². The van der Waals surface area contributed by atoms with E-state index in [1.165, 1.54) is 50.6 Å². The van der Waals surface area contributed by atoms with E-state index in [0.717, 1.165) is 17.8 Å². The maximum atomic E-state index is 3.80. The summed E-state index contributed by atoms with van der Waals surface area (Å²) in [6.07, 6.45) is 8.46. The van der Waals surface area contributed by atoms with Gasteiger partial charge in [-0.15, -0.1) is 0 Å². The Hall–Kier alpha value is -0.820. The third-order valence-electron chi connectivity index (χ3n) is 4.87. The minimum atomic E-state index is 0.653. The summed E-state index contributed by atoms with van der Waals surface area (Å²) in [5, 5.41) is 3.80. The molecule has 1 atom stereocenters. The highest BCUT2D eigenvalue weighted by Crippen LogP contribution is 2.48. The Morgan fingerprint density at radius 2 is 1.68 bits per heavy atom. The molecule has 1 unspecified atom stereocenters. The second-order valence-electron chi connectivity index (χ2n) is 6.67. The molecule has 1 aromatic rings. The van der Waals surface area contributed by atoms with E-state index in [1.807, 2.05) is 0 Å². The third kappa shape index (κ3) is 4.07. The lowest BCUT2D eigenvalue weighted by atomic mass is 9.97. The standard InChI is InChI=1S/C18H27N/c1-14(7-8-15-5-3-2-4-6-15)19-13-18(16-9-10-16)17-11-12-17/h2-6,14,16-19H,7-13H2,1H3. The van der Waals surface area contributed by atoms with Crippen molar-refractivity contribution in [2.75, 3.05) is 6.54 Å². The summed E-state index contributed by atoms with van der Waals surface area (Å²) in [5.74, 6) is 3.14. The van der Waals surface area contributed by atoms with Crippen LogP contribution >= 0.6 is 0 Å². The highest BCUT2D eigenvalue weighted by molar-refractivity contribution is 5.14. The summed E-state index contributed by atoms with van der Waals surface area (Å²) in [6, 6.07) is 11.5. The Morgan fingerprint density at radius 1 is 1.05 bits per heavy atom. The van der Waals surface area contributed by atoms with Gasteiger partial charge in [-0.3, -0.25) is 0 Å². The lowest BCUT2D eigenvalue weighted by Gasteiger charge is -2.20. The van der Waals surface area contributed by atoms with Crippen molar-refractivity contribution in [2.24, 2.45) is 17.8 Å². The predicted molar refractivity (Wildman–Crippen MR) is 81.2 cm³/mol. The zero-order valence-corrected chi connectivity index (χ0v) is 12.1. The molecule has 104 valence electrons. The van der Waals surface area contributed by atoms with Crippen LogP contribution in [0.5, 0.6) is 0 Å². The monoisotopic (exact) mass is 257 g/mol. The molecule has 2 aliphatic rings. The molecule has 1 nitrogen and oxygen atoms in total. The van der Waals surface area contributed by atoms with Crippen LogP contribution in [0.25, 0.3) is 0 Å². The van der Waals surface area contributed by atoms with Gasteiger partial charge in [0.2, 0.25) is 0 Å². The Balaban J connectivity index is 1.37. The molecule has 0 aliphatic heterocycles. The fraction of sp³-hybridized carbons (Fsp3) is 0.667. The van der Waals surface area contributed by atoms with Gasteiger partial charge in [0.15, 0.2) is 0 Å². The van der Waals surface area contributed by atoms with Crippen molar-refractivity contribution in [2.45, 2.75) is 51.5 Å². The van der Waals surface area contributed by atoms with E-state index in [4.69, 9.17) is 0 Å². The molecule has 0 radical (unpaired) electrons. The first-order chi connectivity index (χ1) is 9.33. The maximum Gasteiger partial charge on any atom is 0.00420 e. The first-order valence-electron chi connectivity index (χ1n) is 8.10. The first kappa shape index (κ1) is 13.2. The zero-order valence-electron chi connectivity index (χ0n) is 12.1. The molecule has 19 heavy (non-hydrogen) atoms. The molecule has 1 N–H and O–H groups in total. The van der Waals surface area contributed by atoms with Crippen LogP contribution in [0.1, 0.15) is 44.6 Å². The number of benzene rings is 1. The van der Waals surface area contributed by atoms with E-state index in [0.29, 0.717) is 6.04 Å². The van der Waals surface area contributed by atoms with Gasteiger partial charge >= 0.3 is 0 Å². The molecule has 2 fully saturated rings. The largest absolute Gasteiger partial charge is 0.314 e. The molecule has 2 saturated carbocycles. The van der Waals surface area contributed by atoms with Crippen molar-refractivity contribution in [3.05, 3.63) is 35.9 Å². The van der Waals surface area contributed by atoms with Gasteiger partial charge in [0.05, 0.1) is 0 Å². The smallest absolute Gasteiger partial charge is 0.00420 e. The van der Waals surface area contributed by atoms with E-state index < -0.39 is 0 Å².